The highest BCUT2D eigenvalue weighted by Gasteiger charge is 2.17. The van der Waals surface area contributed by atoms with Crippen LogP contribution in [0.1, 0.15) is 68.9 Å². The van der Waals surface area contributed by atoms with Crippen LogP contribution in [0.25, 0.3) is 5.69 Å². The molecule has 0 radical (unpaired) electrons. The van der Waals surface area contributed by atoms with Crippen LogP contribution < -0.4 is 5.56 Å². The molecule has 0 saturated carbocycles. The maximum Gasteiger partial charge on any atom is 0.280 e. The van der Waals surface area contributed by atoms with E-state index in [1.54, 1.807) is 19.1 Å². The number of rotatable bonds is 8. The monoisotopic (exact) mass is 451 g/mol. The van der Waals surface area contributed by atoms with E-state index in [0.717, 1.165) is 16.8 Å². The molecular formula is C25H29N3O3S. The molecule has 0 aliphatic rings. The van der Waals surface area contributed by atoms with Gasteiger partial charge in [-0.05, 0) is 69.0 Å². The van der Waals surface area contributed by atoms with Gasteiger partial charge in [0.15, 0.2) is 11.6 Å². The van der Waals surface area contributed by atoms with Gasteiger partial charge < -0.3 is 0 Å². The van der Waals surface area contributed by atoms with Gasteiger partial charge in [-0.15, -0.1) is 11.3 Å². The minimum Gasteiger partial charge on any atom is -0.295 e. The van der Waals surface area contributed by atoms with Gasteiger partial charge in [0, 0.05) is 17.8 Å². The molecule has 2 aromatic heterocycles. The van der Waals surface area contributed by atoms with Crippen molar-refractivity contribution in [2.24, 2.45) is 10.9 Å². The Balaban J connectivity index is 1.79. The first-order valence-electron chi connectivity index (χ1n) is 10.7. The van der Waals surface area contributed by atoms with Gasteiger partial charge >= 0.3 is 0 Å². The van der Waals surface area contributed by atoms with E-state index in [1.807, 2.05) is 52.8 Å². The minimum atomic E-state index is -0.197. The third-order valence-electron chi connectivity index (χ3n) is 5.39. The van der Waals surface area contributed by atoms with Gasteiger partial charge in [0.1, 0.15) is 6.54 Å². The number of aromatic amines is 1. The first-order chi connectivity index (χ1) is 15.1. The molecule has 0 fully saturated rings. The van der Waals surface area contributed by atoms with Crippen molar-refractivity contribution in [3.8, 4) is 5.69 Å². The molecule has 2 heterocycles. The molecule has 32 heavy (non-hydrogen) atoms. The first-order valence-corrected chi connectivity index (χ1v) is 11.5. The van der Waals surface area contributed by atoms with E-state index in [0.29, 0.717) is 33.1 Å². The van der Waals surface area contributed by atoms with E-state index < -0.39 is 0 Å². The number of H-pyrrole nitrogens is 1. The minimum absolute atomic E-state index is 0.0542. The molecule has 6 nitrogen and oxygen atoms in total. The Morgan fingerprint density at radius 3 is 2.31 bits per heavy atom. The smallest absolute Gasteiger partial charge is 0.280 e. The van der Waals surface area contributed by atoms with Crippen LogP contribution in [0.5, 0.6) is 0 Å². The second kappa shape index (κ2) is 9.61. The quantitative estimate of drug-likeness (QED) is 0.383. The van der Waals surface area contributed by atoms with Gasteiger partial charge in [0.2, 0.25) is 0 Å². The highest BCUT2D eigenvalue weighted by atomic mass is 32.1. The highest BCUT2D eigenvalue weighted by Crippen LogP contribution is 2.21. The summed E-state index contributed by atoms with van der Waals surface area (Å²) in [7, 11) is 0. The molecule has 0 saturated heterocycles. The molecule has 168 valence electrons. The summed E-state index contributed by atoms with van der Waals surface area (Å²) in [4.78, 5) is 43.3. The van der Waals surface area contributed by atoms with E-state index in [2.05, 4.69) is 10.1 Å². The van der Waals surface area contributed by atoms with Crippen LogP contribution in [0.2, 0.25) is 0 Å². The van der Waals surface area contributed by atoms with Crippen molar-refractivity contribution >= 4 is 28.6 Å². The molecule has 0 aliphatic carbocycles. The summed E-state index contributed by atoms with van der Waals surface area (Å²) >= 11 is 1.21. The molecule has 3 rings (SSSR count). The molecule has 7 heteroatoms. The Morgan fingerprint density at radius 1 is 1.03 bits per heavy atom. The van der Waals surface area contributed by atoms with Gasteiger partial charge in [0.05, 0.1) is 21.0 Å². The molecule has 0 amide bonds. The van der Waals surface area contributed by atoms with Crippen LogP contribution in [0, 0.1) is 26.7 Å². The number of hydrogen-bond acceptors (Lipinski definition) is 5. The summed E-state index contributed by atoms with van der Waals surface area (Å²) in [5.74, 6) is 0.160. The topological polar surface area (TPSA) is 84.3 Å². The number of aryl methyl sites for hydroxylation is 3. The zero-order valence-corrected chi connectivity index (χ0v) is 20.2. The lowest BCUT2D eigenvalue weighted by Crippen LogP contribution is -2.20. The molecule has 1 N–H and O–H groups in total. The van der Waals surface area contributed by atoms with E-state index in [-0.39, 0.29) is 29.6 Å². The van der Waals surface area contributed by atoms with Crippen LogP contribution >= 0.6 is 11.3 Å². The predicted octanol–water partition coefficient (Wildman–Crippen LogP) is 5.07. The number of nitrogens with one attached hydrogen (secondary N) is 1. The van der Waals surface area contributed by atoms with Crippen LogP contribution in [0.4, 0.5) is 0 Å². The maximum atomic E-state index is 13.0. The number of nitrogens with zero attached hydrogens (tertiary/aromatic N) is 2. The Hall–Kier alpha value is -3.06. The third-order valence-corrected chi connectivity index (χ3v) is 6.56. The van der Waals surface area contributed by atoms with Crippen molar-refractivity contribution in [2.45, 2.75) is 48.0 Å². The molecule has 0 unspecified atom stereocenters. The van der Waals surface area contributed by atoms with Crippen molar-refractivity contribution in [1.82, 2.24) is 9.78 Å². The molecule has 0 aliphatic heterocycles. The second-order valence-electron chi connectivity index (χ2n) is 8.53. The van der Waals surface area contributed by atoms with Crippen molar-refractivity contribution < 1.29 is 9.59 Å². The van der Waals surface area contributed by atoms with Crippen molar-refractivity contribution in [1.29, 1.82) is 0 Å². The van der Waals surface area contributed by atoms with Gasteiger partial charge in [-0.1, -0.05) is 19.9 Å². The number of Topliss-reactive ketones (excluding diaryl/α,β-unsaturated/α-hetero) is 2. The van der Waals surface area contributed by atoms with Crippen molar-refractivity contribution in [2.75, 3.05) is 6.54 Å². The lowest BCUT2D eigenvalue weighted by atomic mass is 10.1. The van der Waals surface area contributed by atoms with Crippen LogP contribution in [-0.2, 0) is 0 Å². The normalized spacial score (nSPS) is 11.9. The number of aliphatic imine (C=N–C) groups is 1. The zero-order valence-electron chi connectivity index (χ0n) is 19.4. The van der Waals surface area contributed by atoms with Crippen molar-refractivity contribution in [3.63, 3.8) is 0 Å². The number of ketones is 2. The standard InChI is InChI=1S/C25H29N3O3S/c1-14(2)11-20(29)22-9-10-23(32-22)21(30)13-26-17(5)24-18(6)27-28(25(24)31)19-8-7-15(3)16(4)12-19/h7-10,12,14,27H,11,13H2,1-6H3. The second-order valence-corrected chi connectivity index (χ2v) is 9.61. The zero-order chi connectivity index (χ0) is 23.6. The van der Waals surface area contributed by atoms with E-state index in [1.165, 1.54) is 16.0 Å². The maximum absolute atomic E-state index is 13.0. The van der Waals surface area contributed by atoms with E-state index in [4.69, 9.17) is 0 Å². The molecule has 0 spiro atoms. The number of aromatic nitrogens is 2. The fraction of sp³-hybridized carbons (Fsp3) is 0.360. The number of carbonyl (C=O) groups excluding carboxylic acids is 2. The molecule has 0 atom stereocenters. The SMILES string of the molecule is CC(=NCC(=O)c1ccc(C(=O)CC(C)C)s1)c1c(C)[nH]n(-c2ccc(C)c(C)c2)c1=O. The average Bonchev–Trinajstić information content (AvgIpc) is 3.33. The Morgan fingerprint density at radius 2 is 1.69 bits per heavy atom. The van der Waals surface area contributed by atoms with Gasteiger partial charge in [-0.3, -0.25) is 24.5 Å². The Labute approximate surface area is 192 Å². The predicted molar refractivity (Wildman–Crippen MR) is 130 cm³/mol. The van der Waals surface area contributed by atoms with Crippen LogP contribution in [0.15, 0.2) is 40.1 Å². The van der Waals surface area contributed by atoms with E-state index >= 15 is 0 Å². The fourth-order valence-corrected chi connectivity index (χ4v) is 4.36. The summed E-state index contributed by atoms with van der Waals surface area (Å²) in [6.45, 7) is 11.5. The Bertz CT molecular complexity index is 1260. The number of carbonyl (C=O) groups is 2. The number of hydrogen-bond donors (Lipinski definition) is 1. The van der Waals surface area contributed by atoms with Gasteiger partial charge in [-0.25, -0.2) is 4.68 Å². The van der Waals surface area contributed by atoms with Crippen LogP contribution in [0.3, 0.4) is 0 Å². The van der Waals surface area contributed by atoms with Gasteiger partial charge in [0.25, 0.3) is 5.56 Å². The Kier molecular flexibility index (Phi) is 7.09. The lowest BCUT2D eigenvalue weighted by molar-refractivity contribution is 0.0970. The number of thiophene rings is 1. The largest absolute Gasteiger partial charge is 0.295 e. The van der Waals surface area contributed by atoms with Crippen LogP contribution in [-0.4, -0.2) is 33.6 Å². The van der Waals surface area contributed by atoms with E-state index in [9.17, 15) is 14.4 Å². The first kappa shape index (κ1) is 23.6. The average molecular weight is 452 g/mol. The summed E-state index contributed by atoms with van der Waals surface area (Å²) < 4.78 is 1.50. The van der Waals surface area contributed by atoms with Gasteiger partial charge in [-0.2, -0.15) is 0 Å². The molecule has 3 aromatic rings. The molecular weight excluding hydrogens is 422 g/mol. The molecule has 1 aromatic carbocycles. The fourth-order valence-electron chi connectivity index (χ4n) is 3.48. The molecule has 0 bridgehead atoms. The number of benzene rings is 1. The third kappa shape index (κ3) is 5.05. The van der Waals surface area contributed by atoms with Crippen molar-refractivity contribution in [3.05, 3.63) is 72.8 Å². The summed E-state index contributed by atoms with van der Waals surface area (Å²) in [6, 6.07) is 9.22. The summed E-state index contributed by atoms with van der Waals surface area (Å²) in [5, 5.41) is 3.11. The highest BCUT2D eigenvalue weighted by molar-refractivity contribution is 7.16. The lowest BCUT2D eigenvalue weighted by Gasteiger charge is -2.05. The summed E-state index contributed by atoms with van der Waals surface area (Å²) in [5.41, 5.74) is 4.48. The summed E-state index contributed by atoms with van der Waals surface area (Å²) in [6.07, 6.45) is 0.463.